The molecule has 8 nitrogen and oxygen atoms in total. The van der Waals surface area contributed by atoms with E-state index >= 15 is 0 Å². The minimum atomic E-state index is -1.24. The topological polar surface area (TPSA) is 99.2 Å². The summed E-state index contributed by atoms with van der Waals surface area (Å²) in [4.78, 5) is 58.8. The molecule has 2 aliphatic heterocycles. The summed E-state index contributed by atoms with van der Waals surface area (Å²) in [5.41, 5.74) is -2.14. The van der Waals surface area contributed by atoms with Crippen molar-refractivity contribution in [1.82, 2.24) is 4.90 Å². The van der Waals surface area contributed by atoms with E-state index in [0.29, 0.717) is 52.1 Å². The maximum atomic E-state index is 14.4. The van der Waals surface area contributed by atoms with Gasteiger partial charge in [0, 0.05) is 46.7 Å². The van der Waals surface area contributed by atoms with Gasteiger partial charge in [-0.25, -0.2) is 0 Å². The van der Waals surface area contributed by atoms with Crippen molar-refractivity contribution in [3.05, 3.63) is 39.9 Å². The highest BCUT2D eigenvalue weighted by Gasteiger charge is 2.61. The van der Waals surface area contributed by atoms with E-state index in [1.54, 1.807) is 27.7 Å². The molecule has 0 saturated heterocycles. The summed E-state index contributed by atoms with van der Waals surface area (Å²) in [5.74, 6) is 0.364. The summed E-state index contributed by atoms with van der Waals surface area (Å²) in [6.07, 6.45) is 0.790. The van der Waals surface area contributed by atoms with Crippen LogP contribution in [0.2, 0.25) is 0 Å². The maximum absolute atomic E-state index is 14.4. The average molecular weight is 676 g/mol. The van der Waals surface area contributed by atoms with Gasteiger partial charge in [-0.3, -0.25) is 19.2 Å². The van der Waals surface area contributed by atoms with Crippen LogP contribution in [0.1, 0.15) is 126 Å². The number of hydrogen-bond donors (Lipinski definition) is 0. The largest absolute Gasteiger partial charge is 0.493 e. The van der Waals surface area contributed by atoms with Gasteiger partial charge in [-0.1, -0.05) is 41.5 Å². The molecule has 0 spiro atoms. The molecule has 0 N–H and O–H groups in total. The Kier molecular flexibility index (Phi) is 9.22. The van der Waals surface area contributed by atoms with Gasteiger partial charge in [-0.15, -0.1) is 0 Å². The molecular weight excluding hydrogens is 618 g/mol. The normalized spacial score (nSPS) is 24.8. The molecule has 0 unspecified atom stereocenters. The van der Waals surface area contributed by atoms with E-state index in [0.717, 1.165) is 31.6 Å². The van der Waals surface area contributed by atoms with Crippen LogP contribution < -0.4 is 14.2 Å². The Bertz CT molecular complexity index is 1680. The Morgan fingerprint density at radius 2 is 1.14 bits per heavy atom. The summed E-state index contributed by atoms with van der Waals surface area (Å²) < 4.78 is 20.4. The maximum Gasteiger partial charge on any atom is 0.175 e. The van der Waals surface area contributed by atoms with Crippen LogP contribution in [-0.2, 0) is 19.2 Å². The van der Waals surface area contributed by atoms with Crippen molar-refractivity contribution < 1.29 is 33.4 Å². The molecule has 5 rings (SSSR count). The minimum Gasteiger partial charge on any atom is -0.493 e. The predicted molar refractivity (Wildman–Crippen MR) is 190 cm³/mol. The van der Waals surface area contributed by atoms with Crippen LogP contribution in [0.3, 0.4) is 0 Å². The van der Waals surface area contributed by atoms with Gasteiger partial charge in [0.2, 0.25) is 0 Å². The second kappa shape index (κ2) is 12.2. The van der Waals surface area contributed by atoms with Gasteiger partial charge >= 0.3 is 0 Å². The summed E-state index contributed by atoms with van der Waals surface area (Å²) in [7, 11) is 0. The first-order valence-corrected chi connectivity index (χ1v) is 18.2. The summed E-state index contributed by atoms with van der Waals surface area (Å²) >= 11 is 0. The van der Waals surface area contributed by atoms with E-state index < -0.39 is 33.5 Å². The van der Waals surface area contributed by atoms with Crippen LogP contribution in [0.15, 0.2) is 28.7 Å². The number of benzene rings is 1. The highest BCUT2D eigenvalue weighted by Crippen LogP contribution is 2.63. The van der Waals surface area contributed by atoms with Crippen LogP contribution in [-0.4, -0.2) is 54.3 Å². The zero-order chi connectivity index (χ0) is 36.8. The second-order valence-electron chi connectivity index (χ2n) is 17.2. The summed E-state index contributed by atoms with van der Waals surface area (Å²) in [6, 6.07) is 1.88. The smallest absolute Gasteiger partial charge is 0.175 e. The highest BCUT2D eigenvalue weighted by atomic mass is 16.5. The third kappa shape index (κ3) is 5.34. The first kappa shape index (κ1) is 37.0. The van der Waals surface area contributed by atoms with E-state index in [2.05, 4.69) is 46.4 Å². The lowest BCUT2D eigenvalue weighted by atomic mass is 9.58. The number of carbonyl (C=O) groups excluding carboxylic acids is 4. The van der Waals surface area contributed by atoms with Crippen molar-refractivity contribution in [2.24, 2.45) is 33.5 Å². The van der Waals surface area contributed by atoms with Gasteiger partial charge in [0.25, 0.3) is 0 Å². The fourth-order valence-electron chi connectivity index (χ4n) is 8.85. The molecule has 1 aromatic rings. The van der Waals surface area contributed by atoms with Crippen molar-refractivity contribution in [2.75, 3.05) is 26.2 Å². The number of fused-ring (bicyclic) bond motifs is 3. The molecule has 0 bridgehead atoms. The van der Waals surface area contributed by atoms with Crippen LogP contribution in [0.25, 0.3) is 0 Å². The predicted octanol–water partition coefficient (Wildman–Crippen LogP) is 7.98. The van der Waals surface area contributed by atoms with E-state index in [-0.39, 0.29) is 35.0 Å². The lowest BCUT2D eigenvalue weighted by molar-refractivity contribution is -0.146. The molecule has 2 aliphatic carbocycles. The molecule has 4 aliphatic rings. The fraction of sp³-hybridized carbons (Fsp3) is 0.659. The molecule has 0 radical (unpaired) electrons. The monoisotopic (exact) mass is 675 g/mol. The van der Waals surface area contributed by atoms with Crippen molar-refractivity contribution in [2.45, 2.75) is 115 Å². The Labute approximate surface area is 293 Å². The van der Waals surface area contributed by atoms with Gasteiger partial charge in [0.1, 0.15) is 28.8 Å². The fourth-order valence-corrected chi connectivity index (χ4v) is 8.85. The van der Waals surface area contributed by atoms with Gasteiger partial charge in [0.15, 0.2) is 23.1 Å². The zero-order valence-corrected chi connectivity index (χ0v) is 32.2. The van der Waals surface area contributed by atoms with E-state index in [1.807, 2.05) is 33.8 Å². The minimum absolute atomic E-state index is 0.0592. The Hall–Kier alpha value is -3.26. The van der Waals surface area contributed by atoms with Crippen molar-refractivity contribution in [3.63, 3.8) is 0 Å². The number of ether oxygens (including phenoxy) is 3. The Balaban J connectivity index is 1.81. The zero-order valence-electron chi connectivity index (χ0n) is 32.2. The number of hydrogen-bond acceptors (Lipinski definition) is 8. The molecule has 49 heavy (non-hydrogen) atoms. The number of carbonyl (C=O) groups is 4. The van der Waals surface area contributed by atoms with Crippen LogP contribution >= 0.6 is 0 Å². The van der Waals surface area contributed by atoms with Crippen molar-refractivity contribution in [1.29, 1.82) is 0 Å². The van der Waals surface area contributed by atoms with E-state index in [9.17, 15) is 19.2 Å². The van der Waals surface area contributed by atoms with Crippen LogP contribution in [0.4, 0.5) is 0 Å². The molecule has 0 amide bonds. The van der Waals surface area contributed by atoms with Gasteiger partial charge in [-0.05, 0) is 86.7 Å². The summed E-state index contributed by atoms with van der Waals surface area (Å²) in [5, 5.41) is 0. The third-order valence-corrected chi connectivity index (χ3v) is 11.6. The Morgan fingerprint density at radius 1 is 0.694 bits per heavy atom. The highest BCUT2D eigenvalue weighted by molar-refractivity contribution is 6.21. The van der Waals surface area contributed by atoms with Crippen LogP contribution in [0, 0.1) is 33.5 Å². The standard InChI is InChI=1S/C41H57NO7/c1-15-42(16-2)18-17-19-47-23-20-24-28(26(22(5)6)29-32(43)38(7,8)36(45)40(11,12)34(29)48-24)31-27(23)25(21(3)4)30-33(44)39(9,10)37(46)41(13,14)35(30)49-31/h20-22,25-26H,15-19H2,1-14H3/t25-,26+/m0/s1. The SMILES string of the molecule is CCN(CC)CCCOc1cc2c(c3c1[C@H](C(C)C)C1=C(O3)C(C)(C)C(=O)C(C)(C)C1=O)[C@@H](C(C)C)C1=C(O2)C(C)(C)C(=O)C(C)(C)C1=O. The van der Waals surface area contributed by atoms with Crippen molar-refractivity contribution in [3.8, 4) is 17.2 Å². The van der Waals surface area contributed by atoms with Crippen molar-refractivity contribution >= 4 is 23.1 Å². The number of ketones is 4. The number of nitrogens with zero attached hydrogens (tertiary/aromatic N) is 1. The number of Topliss-reactive ketones (excluding diaryl/α,β-unsaturated/α-hetero) is 4. The average Bonchev–Trinajstić information content (AvgIpc) is 3.03. The Morgan fingerprint density at radius 3 is 1.59 bits per heavy atom. The summed E-state index contributed by atoms with van der Waals surface area (Å²) in [6.45, 7) is 29.9. The molecule has 0 aromatic heterocycles. The molecular formula is C41H57NO7. The molecule has 268 valence electrons. The van der Waals surface area contributed by atoms with Gasteiger partial charge < -0.3 is 19.1 Å². The van der Waals surface area contributed by atoms with Gasteiger partial charge in [-0.2, -0.15) is 0 Å². The molecule has 8 heteroatoms. The molecule has 2 heterocycles. The first-order valence-electron chi connectivity index (χ1n) is 18.2. The van der Waals surface area contributed by atoms with Crippen LogP contribution in [0.5, 0.6) is 17.2 Å². The lowest BCUT2D eigenvalue weighted by Crippen LogP contribution is -2.53. The second-order valence-corrected chi connectivity index (χ2v) is 17.2. The quantitative estimate of drug-likeness (QED) is 0.192. The molecule has 0 fully saturated rings. The first-order chi connectivity index (χ1) is 22.6. The van der Waals surface area contributed by atoms with Gasteiger partial charge in [0.05, 0.1) is 28.3 Å². The van der Waals surface area contributed by atoms with E-state index in [1.165, 1.54) is 0 Å². The number of rotatable bonds is 9. The van der Waals surface area contributed by atoms with E-state index in [4.69, 9.17) is 14.2 Å². The lowest BCUT2D eigenvalue weighted by Gasteiger charge is -2.48. The molecule has 1 aromatic carbocycles. The molecule has 2 atom stereocenters. The molecule has 0 saturated carbocycles. The number of allylic oxidation sites excluding steroid dienone is 4. The third-order valence-electron chi connectivity index (χ3n) is 11.6.